The van der Waals surface area contributed by atoms with Gasteiger partial charge in [0, 0.05) is 17.2 Å². The lowest BCUT2D eigenvalue weighted by Gasteiger charge is -2.26. The maximum atomic E-state index is 13.3. The molecule has 1 fully saturated rings. The fourth-order valence-corrected chi connectivity index (χ4v) is 6.13. The predicted molar refractivity (Wildman–Crippen MR) is 124 cm³/mol. The van der Waals surface area contributed by atoms with Gasteiger partial charge in [-0.25, -0.2) is 5.01 Å². The molecule has 2 heterocycles. The number of nitrogens with zero attached hydrogens (tertiary/aromatic N) is 2. The third kappa shape index (κ3) is 4.52. The monoisotopic (exact) mass is 444 g/mol. The molecule has 0 radical (unpaired) electrons. The van der Waals surface area contributed by atoms with Crippen molar-refractivity contribution in [1.82, 2.24) is 5.01 Å². The Morgan fingerprint density at radius 1 is 1.17 bits per heavy atom. The van der Waals surface area contributed by atoms with Crippen molar-refractivity contribution in [2.75, 3.05) is 20.0 Å². The van der Waals surface area contributed by atoms with Gasteiger partial charge in [0.05, 0.1) is 36.6 Å². The second-order valence-corrected chi connectivity index (χ2v) is 9.87. The van der Waals surface area contributed by atoms with Crippen molar-refractivity contribution >= 4 is 34.7 Å². The Labute approximate surface area is 186 Å². The number of amides is 1. The number of thioether (sulfide) groups is 1. The summed E-state index contributed by atoms with van der Waals surface area (Å²) in [5.41, 5.74) is 1.89. The van der Waals surface area contributed by atoms with Gasteiger partial charge in [0.2, 0.25) is 0 Å². The number of hydrogen-bond donors (Lipinski definition) is 0. The minimum atomic E-state index is -0.188. The molecule has 30 heavy (non-hydrogen) atoms. The molecule has 1 saturated carbocycles. The average Bonchev–Trinajstić information content (AvgIpc) is 3.47. The smallest absolute Gasteiger partial charge is 0.253 e. The maximum absolute atomic E-state index is 13.3. The lowest BCUT2D eigenvalue weighted by Crippen LogP contribution is -2.29. The van der Waals surface area contributed by atoms with Crippen LogP contribution in [0.5, 0.6) is 11.5 Å². The normalized spacial score (nSPS) is 19.6. The van der Waals surface area contributed by atoms with E-state index in [1.807, 2.05) is 29.6 Å². The summed E-state index contributed by atoms with van der Waals surface area (Å²) in [6, 6.07) is 9.73. The highest BCUT2D eigenvalue weighted by Gasteiger charge is 2.36. The number of carbonyl (C=O) groups is 1. The molecule has 1 amide bonds. The van der Waals surface area contributed by atoms with Gasteiger partial charge in [0.1, 0.15) is 0 Å². The van der Waals surface area contributed by atoms with Crippen LogP contribution in [0.2, 0.25) is 0 Å². The summed E-state index contributed by atoms with van der Waals surface area (Å²) in [5.74, 6) is 1.87. The van der Waals surface area contributed by atoms with Crippen molar-refractivity contribution in [3.8, 4) is 11.5 Å². The van der Waals surface area contributed by atoms with E-state index in [0.717, 1.165) is 16.2 Å². The SMILES string of the molecule is COc1cccc([C@@H]2CC(c3cccs3)=NN2C(=O)CSC2CCCCC2)c1OC. The molecule has 0 spiro atoms. The molecule has 160 valence electrons. The maximum Gasteiger partial charge on any atom is 0.253 e. The Bertz CT molecular complexity index is 892. The van der Waals surface area contributed by atoms with E-state index in [4.69, 9.17) is 14.6 Å². The van der Waals surface area contributed by atoms with Crippen molar-refractivity contribution in [3.63, 3.8) is 0 Å². The Balaban J connectivity index is 1.59. The second kappa shape index (κ2) is 9.88. The van der Waals surface area contributed by atoms with Crippen molar-refractivity contribution in [1.29, 1.82) is 0 Å². The fraction of sp³-hybridized carbons (Fsp3) is 0.478. The number of hydrogen-bond acceptors (Lipinski definition) is 6. The molecule has 1 aromatic heterocycles. The standard InChI is InChI=1S/C23H28N2O3S2/c1-27-20-11-6-10-17(23(20)28-2)19-14-18(21-12-7-13-29-21)24-25(19)22(26)15-30-16-8-4-3-5-9-16/h6-7,10-13,16,19H,3-5,8-9,14-15H2,1-2H3/t19-/m0/s1. The van der Waals surface area contributed by atoms with E-state index in [1.165, 1.54) is 32.1 Å². The average molecular weight is 445 g/mol. The number of ether oxygens (including phenoxy) is 2. The van der Waals surface area contributed by atoms with Crippen LogP contribution in [-0.2, 0) is 4.79 Å². The number of benzene rings is 1. The summed E-state index contributed by atoms with van der Waals surface area (Å²) in [5, 5.41) is 9.10. The van der Waals surface area contributed by atoms with Gasteiger partial charge in [-0.15, -0.1) is 23.1 Å². The van der Waals surface area contributed by atoms with Crippen LogP contribution in [0, 0.1) is 0 Å². The van der Waals surface area contributed by atoms with Crippen LogP contribution in [0.1, 0.15) is 55.0 Å². The Kier molecular flexibility index (Phi) is 7.00. The van der Waals surface area contributed by atoms with E-state index in [1.54, 1.807) is 42.3 Å². The highest BCUT2D eigenvalue weighted by Crippen LogP contribution is 2.42. The van der Waals surface area contributed by atoms with Crippen LogP contribution < -0.4 is 9.47 Å². The Morgan fingerprint density at radius 2 is 2.00 bits per heavy atom. The number of para-hydroxylation sites is 1. The van der Waals surface area contributed by atoms with Gasteiger partial charge < -0.3 is 9.47 Å². The zero-order valence-corrected chi connectivity index (χ0v) is 19.1. The molecule has 2 aromatic rings. The number of rotatable bonds is 7. The number of thiophene rings is 1. The van der Waals surface area contributed by atoms with Gasteiger partial charge in [-0.2, -0.15) is 5.10 Å². The van der Waals surface area contributed by atoms with Crippen LogP contribution in [0.4, 0.5) is 0 Å². The van der Waals surface area contributed by atoms with Gasteiger partial charge >= 0.3 is 0 Å². The molecule has 1 aliphatic heterocycles. The van der Waals surface area contributed by atoms with Gasteiger partial charge in [-0.1, -0.05) is 37.5 Å². The van der Waals surface area contributed by atoms with E-state index in [-0.39, 0.29) is 11.9 Å². The van der Waals surface area contributed by atoms with Gasteiger partial charge in [-0.3, -0.25) is 4.79 Å². The van der Waals surface area contributed by atoms with E-state index in [0.29, 0.717) is 28.9 Å². The molecule has 2 aliphatic rings. The lowest BCUT2D eigenvalue weighted by molar-refractivity contribution is -0.130. The third-order valence-corrected chi connectivity index (χ3v) is 8.03. The van der Waals surface area contributed by atoms with E-state index in [2.05, 4.69) is 6.07 Å². The summed E-state index contributed by atoms with van der Waals surface area (Å²) in [6.07, 6.45) is 6.98. The highest BCUT2D eigenvalue weighted by molar-refractivity contribution is 8.00. The zero-order valence-electron chi connectivity index (χ0n) is 17.5. The number of hydrazone groups is 1. The second-order valence-electron chi connectivity index (χ2n) is 7.64. The van der Waals surface area contributed by atoms with Gasteiger partial charge in [0.25, 0.3) is 5.91 Å². The van der Waals surface area contributed by atoms with Crippen molar-refractivity contribution in [3.05, 3.63) is 46.2 Å². The van der Waals surface area contributed by atoms with Crippen LogP contribution in [0.15, 0.2) is 40.8 Å². The Morgan fingerprint density at radius 3 is 2.70 bits per heavy atom. The zero-order chi connectivity index (χ0) is 20.9. The first-order chi connectivity index (χ1) is 14.7. The van der Waals surface area contributed by atoms with Crippen LogP contribution in [0.3, 0.4) is 0 Å². The minimum absolute atomic E-state index is 0.0620. The number of carbonyl (C=O) groups excluding carboxylic acids is 1. The molecule has 1 aromatic carbocycles. The van der Waals surface area contributed by atoms with E-state index in [9.17, 15) is 4.79 Å². The molecule has 0 N–H and O–H groups in total. The summed E-state index contributed by atoms with van der Waals surface area (Å²) >= 11 is 3.45. The van der Waals surface area contributed by atoms with Crippen LogP contribution in [0.25, 0.3) is 0 Å². The molecular formula is C23H28N2O3S2. The minimum Gasteiger partial charge on any atom is -0.493 e. The molecular weight excluding hydrogens is 416 g/mol. The molecule has 5 nitrogen and oxygen atoms in total. The van der Waals surface area contributed by atoms with E-state index >= 15 is 0 Å². The Hall–Kier alpha value is -1.99. The highest BCUT2D eigenvalue weighted by atomic mass is 32.2. The third-order valence-electron chi connectivity index (χ3n) is 5.76. The molecule has 0 saturated heterocycles. The fourth-order valence-electron chi connectivity index (χ4n) is 4.24. The van der Waals surface area contributed by atoms with Gasteiger partial charge in [-0.05, 0) is 30.4 Å². The molecule has 4 rings (SSSR count). The first-order valence-corrected chi connectivity index (χ1v) is 12.4. The first-order valence-electron chi connectivity index (χ1n) is 10.5. The largest absolute Gasteiger partial charge is 0.493 e. The summed E-state index contributed by atoms with van der Waals surface area (Å²) in [6.45, 7) is 0. The summed E-state index contributed by atoms with van der Waals surface area (Å²) < 4.78 is 11.2. The van der Waals surface area contributed by atoms with Crippen molar-refractivity contribution in [2.45, 2.75) is 49.8 Å². The van der Waals surface area contributed by atoms with Crippen LogP contribution >= 0.6 is 23.1 Å². The summed E-state index contributed by atoms with van der Waals surface area (Å²) in [4.78, 5) is 14.4. The topological polar surface area (TPSA) is 51.1 Å². The van der Waals surface area contributed by atoms with E-state index < -0.39 is 0 Å². The van der Waals surface area contributed by atoms with Crippen molar-refractivity contribution < 1.29 is 14.3 Å². The molecule has 1 atom stereocenters. The quantitative estimate of drug-likeness (QED) is 0.565. The predicted octanol–water partition coefficient (Wildman–Crippen LogP) is 5.51. The first kappa shape index (κ1) is 21.2. The summed E-state index contributed by atoms with van der Waals surface area (Å²) in [7, 11) is 3.27. The van der Waals surface area contributed by atoms with Crippen LogP contribution in [-0.4, -0.2) is 41.9 Å². The molecule has 7 heteroatoms. The van der Waals surface area contributed by atoms with Gasteiger partial charge in [0.15, 0.2) is 11.5 Å². The molecule has 0 unspecified atom stereocenters. The number of methoxy groups -OCH3 is 2. The van der Waals surface area contributed by atoms with Crippen molar-refractivity contribution in [2.24, 2.45) is 5.10 Å². The molecule has 0 bridgehead atoms. The molecule has 1 aliphatic carbocycles. The lowest BCUT2D eigenvalue weighted by atomic mass is 9.99.